The summed E-state index contributed by atoms with van der Waals surface area (Å²) in [5.41, 5.74) is 3.67. The average molecular weight is 465 g/mol. The number of hydrogen-bond donors (Lipinski definition) is 0. The standard InChI is InChI=1S/C26H25ClN2O4/c1-15-4-11-21-22(12-15)26(33)29(25(21)32)28(24(31)18-7-9-20(27)10-8-18)14-23(30)19-6-5-16(2)17(3)13-19/h4-10,13,21-22H,11-12,14H2,1-3H3/t21-,22+/m0/s1. The molecular weight excluding hydrogens is 440 g/mol. The van der Waals surface area contributed by atoms with Crippen molar-refractivity contribution in [1.82, 2.24) is 10.0 Å². The molecule has 0 N–H and O–H groups in total. The quantitative estimate of drug-likeness (QED) is 0.370. The lowest BCUT2D eigenvalue weighted by atomic mass is 9.82. The highest BCUT2D eigenvalue weighted by Gasteiger charge is 2.51. The summed E-state index contributed by atoms with van der Waals surface area (Å²) >= 11 is 5.95. The highest BCUT2D eigenvalue weighted by Crippen LogP contribution is 2.38. The number of hydrazine groups is 1. The van der Waals surface area contributed by atoms with Crippen molar-refractivity contribution in [3.05, 3.63) is 81.4 Å². The van der Waals surface area contributed by atoms with Crippen LogP contribution in [0.3, 0.4) is 0 Å². The van der Waals surface area contributed by atoms with Crippen molar-refractivity contribution < 1.29 is 19.2 Å². The van der Waals surface area contributed by atoms with Crippen LogP contribution >= 0.6 is 11.6 Å². The van der Waals surface area contributed by atoms with Crippen LogP contribution in [-0.2, 0) is 9.59 Å². The van der Waals surface area contributed by atoms with E-state index in [2.05, 4.69) is 0 Å². The average Bonchev–Trinajstić information content (AvgIpc) is 3.03. The largest absolute Gasteiger partial charge is 0.292 e. The van der Waals surface area contributed by atoms with Crippen molar-refractivity contribution in [3.63, 3.8) is 0 Å². The maximum atomic E-state index is 13.5. The number of aryl methyl sites for hydroxylation is 2. The van der Waals surface area contributed by atoms with Crippen LogP contribution in [0.15, 0.2) is 54.1 Å². The van der Waals surface area contributed by atoms with E-state index in [0.29, 0.717) is 23.4 Å². The summed E-state index contributed by atoms with van der Waals surface area (Å²) in [6.45, 7) is 5.35. The van der Waals surface area contributed by atoms with Gasteiger partial charge in [-0.15, -0.1) is 0 Å². The molecule has 2 aliphatic rings. The zero-order valence-electron chi connectivity index (χ0n) is 18.8. The molecule has 0 bridgehead atoms. The van der Waals surface area contributed by atoms with Crippen LogP contribution in [0, 0.1) is 25.7 Å². The molecule has 6 nitrogen and oxygen atoms in total. The van der Waals surface area contributed by atoms with Gasteiger partial charge in [0.15, 0.2) is 5.78 Å². The zero-order chi connectivity index (χ0) is 23.9. The molecule has 170 valence electrons. The second kappa shape index (κ2) is 8.94. The fourth-order valence-corrected chi connectivity index (χ4v) is 4.50. The predicted octanol–water partition coefficient (Wildman–Crippen LogP) is 4.54. The Hall–Kier alpha value is -3.25. The second-order valence-corrected chi connectivity index (χ2v) is 9.22. The number of Topliss-reactive ketones (excluding diaryl/α,β-unsaturated/α-hetero) is 1. The Morgan fingerprint density at radius 1 is 0.939 bits per heavy atom. The van der Waals surface area contributed by atoms with Crippen LogP contribution in [0.25, 0.3) is 0 Å². The Bertz CT molecular complexity index is 1190. The van der Waals surface area contributed by atoms with Crippen molar-refractivity contribution in [2.45, 2.75) is 33.6 Å². The van der Waals surface area contributed by atoms with Gasteiger partial charge in [0.05, 0.1) is 11.8 Å². The Balaban J connectivity index is 1.70. The number of halogens is 1. The van der Waals surface area contributed by atoms with E-state index in [9.17, 15) is 19.2 Å². The third-order valence-corrected chi connectivity index (χ3v) is 6.74. The van der Waals surface area contributed by atoms with Gasteiger partial charge >= 0.3 is 0 Å². The molecule has 7 heteroatoms. The van der Waals surface area contributed by atoms with Gasteiger partial charge in [-0.25, -0.2) is 5.01 Å². The number of fused-ring (bicyclic) bond motifs is 1. The number of carbonyl (C=O) groups excluding carboxylic acids is 4. The number of amides is 3. The molecule has 4 rings (SSSR count). The summed E-state index contributed by atoms with van der Waals surface area (Å²) in [5, 5.41) is 2.35. The van der Waals surface area contributed by atoms with Gasteiger partial charge in [0, 0.05) is 16.1 Å². The third kappa shape index (κ3) is 4.35. The summed E-state index contributed by atoms with van der Waals surface area (Å²) in [4.78, 5) is 53.2. The van der Waals surface area contributed by atoms with Crippen molar-refractivity contribution in [2.24, 2.45) is 11.8 Å². The minimum absolute atomic E-state index is 0.233. The van der Waals surface area contributed by atoms with E-state index in [1.54, 1.807) is 24.3 Å². The molecule has 2 atom stereocenters. The lowest BCUT2D eigenvalue weighted by molar-refractivity contribution is -0.154. The Kier molecular flexibility index (Phi) is 6.21. The molecule has 0 saturated carbocycles. The molecule has 0 spiro atoms. The van der Waals surface area contributed by atoms with E-state index >= 15 is 0 Å². The van der Waals surface area contributed by atoms with Gasteiger partial charge < -0.3 is 0 Å². The number of allylic oxidation sites excluding steroid dienone is 2. The van der Waals surface area contributed by atoms with Gasteiger partial charge in [-0.2, -0.15) is 5.01 Å². The van der Waals surface area contributed by atoms with Crippen molar-refractivity contribution in [2.75, 3.05) is 6.54 Å². The van der Waals surface area contributed by atoms with Crippen LogP contribution in [-0.4, -0.2) is 40.1 Å². The maximum Gasteiger partial charge on any atom is 0.273 e. The molecule has 1 heterocycles. The Morgan fingerprint density at radius 3 is 2.24 bits per heavy atom. The number of nitrogens with zero attached hydrogens (tertiary/aromatic N) is 2. The second-order valence-electron chi connectivity index (χ2n) is 8.78. The topological polar surface area (TPSA) is 74.8 Å². The molecule has 2 aromatic carbocycles. The molecule has 0 aromatic heterocycles. The lowest BCUT2D eigenvalue weighted by Crippen LogP contribution is -2.52. The molecule has 2 aromatic rings. The van der Waals surface area contributed by atoms with Gasteiger partial charge in [0.1, 0.15) is 6.54 Å². The minimum atomic E-state index is -0.603. The van der Waals surface area contributed by atoms with Crippen LogP contribution in [0.2, 0.25) is 5.02 Å². The highest BCUT2D eigenvalue weighted by molar-refractivity contribution is 6.30. The molecule has 1 aliphatic heterocycles. The monoisotopic (exact) mass is 464 g/mol. The summed E-state index contributed by atoms with van der Waals surface area (Å²) < 4.78 is 0. The molecule has 0 unspecified atom stereocenters. The molecule has 33 heavy (non-hydrogen) atoms. The number of benzene rings is 2. The Morgan fingerprint density at radius 2 is 1.58 bits per heavy atom. The van der Waals surface area contributed by atoms with Gasteiger partial charge in [-0.05, 0) is 75.1 Å². The smallest absolute Gasteiger partial charge is 0.273 e. The third-order valence-electron chi connectivity index (χ3n) is 6.49. The van der Waals surface area contributed by atoms with Gasteiger partial charge in [0.25, 0.3) is 17.7 Å². The van der Waals surface area contributed by atoms with E-state index in [-0.39, 0.29) is 11.3 Å². The first-order chi connectivity index (χ1) is 15.7. The molecule has 1 fully saturated rings. The molecule has 1 aliphatic carbocycles. The van der Waals surface area contributed by atoms with Gasteiger partial charge in [-0.1, -0.05) is 35.4 Å². The molecule has 1 saturated heterocycles. The predicted molar refractivity (Wildman–Crippen MR) is 125 cm³/mol. The van der Waals surface area contributed by atoms with Crippen molar-refractivity contribution in [3.8, 4) is 0 Å². The van der Waals surface area contributed by atoms with Crippen molar-refractivity contribution in [1.29, 1.82) is 0 Å². The SMILES string of the molecule is CC1=CC[C@@H]2C(=O)N(N(CC(=O)c3ccc(C)c(C)c3)C(=O)c3ccc(Cl)cc3)C(=O)[C@@H]2C1. The fourth-order valence-electron chi connectivity index (χ4n) is 4.37. The minimum Gasteiger partial charge on any atom is -0.292 e. The zero-order valence-corrected chi connectivity index (χ0v) is 19.6. The first-order valence-corrected chi connectivity index (χ1v) is 11.3. The van der Waals surface area contributed by atoms with Gasteiger partial charge in [0.2, 0.25) is 0 Å². The fraction of sp³-hybridized carbons (Fsp3) is 0.308. The van der Waals surface area contributed by atoms with Crippen LogP contribution in [0.4, 0.5) is 0 Å². The first-order valence-electron chi connectivity index (χ1n) is 10.9. The molecule has 0 radical (unpaired) electrons. The number of rotatable bonds is 5. The highest BCUT2D eigenvalue weighted by atomic mass is 35.5. The number of hydrogen-bond acceptors (Lipinski definition) is 4. The number of carbonyl (C=O) groups is 4. The maximum absolute atomic E-state index is 13.5. The normalized spacial score (nSPS) is 19.9. The van der Waals surface area contributed by atoms with Crippen LogP contribution in [0.1, 0.15) is 51.6 Å². The first kappa shape index (κ1) is 22.9. The van der Waals surface area contributed by atoms with E-state index in [1.165, 1.54) is 12.1 Å². The molecular formula is C26H25ClN2O4. The van der Waals surface area contributed by atoms with Crippen molar-refractivity contribution >= 4 is 35.1 Å². The van der Waals surface area contributed by atoms with Crippen LogP contribution in [0.5, 0.6) is 0 Å². The van der Waals surface area contributed by atoms with E-state index in [1.807, 2.05) is 32.9 Å². The summed E-state index contributed by atoms with van der Waals surface area (Å²) in [6, 6.07) is 11.4. The van der Waals surface area contributed by atoms with E-state index in [0.717, 1.165) is 26.7 Å². The summed E-state index contributed by atoms with van der Waals surface area (Å²) in [5.74, 6) is -2.87. The van der Waals surface area contributed by atoms with Gasteiger partial charge in [-0.3, -0.25) is 19.2 Å². The summed E-state index contributed by atoms with van der Waals surface area (Å²) in [6.07, 6.45) is 2.88. The van der Waals surface area contributed by atoms with E-state index in [4.69, 9.17) is 11.6 Å². The van der Waals surface area contributed by atoms with E-state index < -0.39 is 36.1 Å². The summed E-state index contributed by atoms with van der Waals surface area (Å²) in [7, 11) is 0. The number of ketones is 1. The number of imide groups is 1. The van der Waals surface area contributed by atoms with Crippen LogP contribution < -0.4 is 0 Å². The Labute approximate surface area is 197 Å². The molecule has 3 amide bonds. The lowest BCUT2D eigenvalue weighted by Gasteiger charge is -2.30.